The highest BCUT2D eigenvalue weighted by molar-refractivity contribution is 9.10. The van der Waals surface area contributed by atoms with E-state index in [9.17, 15) is 9.18 Å². The molecule has 1 aromatic carbocycles. The van der Waals surface area contributed by atoms with E-state index in [1.807, 2.05) is 6.26 Å². The first-order chi connectivity index (χ1) is 10.6. The third-order valence-corrected chi connectivity index (χ3v) is 4.34. The monoisotopic (exact) mass is 402 g/mol. The molecule has 7 heteroatoms. The third-order valence-electron chi connectivity index (χ3n) is 3.27. The van der Waals surface area contributed by atoms with Crippen LogP contribution in [0.4, 0.5) is 9.18 Å². The molecule has 2 rings (SSSR count). The fourth-order valence-corrected chi connectivity index (χ4v) is 2.94. The number of thioether (sulfide) groups is 1. The summed E-state index contributed by atoms with van der Waals surface area (Å²) in [5, 5.41) is 3.07. The largest absolute Gasteiger partial charge is 0.444 e. The van der Waals surface area contributed by atoms with Crippen molar-refractivity contribution in [2.45, 2.75) is 44.8 Å². The van der Waals surface area contributed by atoms with Crippen molar-refractivity contribution in [1.82, 2.24) is 5.32 Å². The molecule has 0 atom stereocenters. The Morgan fingerprint density at radius 3 is 2.61 bits per heavy atom. The zero-order valence-electron chi connectivity index (χ0n) is 13.6. The highest BCUT2D eigenvalue weighted by atomic mass is 79.9. The minimum atomic E-state index is -0.596. The lowest BCUT2D eigenvalue weighted by atomic mass is 10.1. The topological polar surface area (TPSA) is 50.7 Å². The number of nitrogens with one attached hydrogen (secondary N) is 1. The average molecular weight is 403 g/mol. The second-order valence-corrected chi connectivity index (χ2v) is 8.11. The fraction of sp³-hybridized carbons (Fsp3) is 0.500. The van der Waals surface area contributed by atoms with E-state index in [-0.39, 0.29) is 5.82 Å². The number of nitrogens with zero attached hydrogens (tertiary/aromatic N) is 1. The number of hydrogen-bond acceptors (Lipinski definition) is 4. The van der Waals surface area contributed by atoms with Crippen molar-refractivity contribution in [3.05, 3.63) is 34.1 Å². The van der Waals surface area contributed by atoms with Crippen LogP contribution in [0.25, 0.3) is 0 Å². The lowest BCUT2D eigenvalue weighted by molar-refractivity contribution is 0.0564. The van der Waals surface area contributed by atoms with E-state index < -0.39 is 17.2 Å². The molecule has 1 N–H and O–H groups in total. The summed E-state index contributed by atoms with van der Waals surface area (Å²) in [7, 11) is 0. The first-order valence-corrected chi connectivity index (χ1v) is 9.26. The summed E-state index contributed by atoms with van der Waals surface area (Å²) >= 11 is 4.66. The molecule has 0 bridgehead atoms. The van der Waals surface area contributed by atoms with Gasteiger partial charge in [-0.25, -0.2) is 9.18 Å². The molecule has 1 saturated carbocycles. The number of aliphatic imine (C=N–C) groups is 1. The number of rotatable bonds is 2. The molecule has 0 heterocycles. The van der Waals surface area contributed by atoms with Crippen molar-refractivity contribution in [2.75, 3.05) is 6.26 Å². The molecule has 0 radical (unpaired) electrons. The Labute approximate surface area is 148 Å². The van der Waals surface area contributed by atoms with E-state index in [4.69, 9.17) is 4.74 Å². The third kappa shape index (κ3) is 4.94. The number of carbonyl (C=O) groups excluding carboxylic acids is 1. The minimum Gasteiger partial charge on any atom is -0.444 e. The SMILES string of the molecule is CSC(=NC1(c2cc(Br)ccc2F)CC1)NC(=O)OC(C)(C)C. The van der Waals surface area contributed by atoms with Gasteiger partial charge in [-0.1, -0.05) is 27.7 Å². The normalized spacial score (nSPS) is 16.9. The number of amidine groups is 1. The molecule has 126 valence electrons. The van der Waals surface area contributed by atoms with Crippen LogP contribution < -0.4 is 5.32 Å². The number of alkyl carbamates (subject to hydrolysis) is 1. The van der Waals surface area contributed by atoms with Gasteiger partial charge < -0.3 is 4.74 Å². The molecule has 0 spiro atoms. The van der Waals surface area contributed by atoms with Crippen LogP contribution >= 0.6 is 27.7 Å². The molecule has 0 aliphatic heterocycles. The van der Waals surface area contributed by atoms with Gasteiger partial charge in [-0.15, -0.1) is 0 Å². The summed E-state index contributed by atoms with van der Waals surface area (Å²) in [6.45, 7) is 5.38. The predicted octanol–water partition coefficient (Wildman–Crippen LogP) is 4.82. The zero-order valence-corrected chi connectivity index (χ0v) is 16.0. The first kappa shape index (κ1) is 18.3. The van der Waals surface area contributed by atoms with E-state index in [1.54, 1.807) is 32.9 Å². The summed E-state index contributed by atoms with van der Waals surface area (Å²) in [5.74, 6) is -0.285. The van der Waals surface area contributed by atoms with Crippen LogP contribution in [-0.4, -0.2) is 23.1 Å². The lowest BCUT2D eigenvalue weighted by Gasteiger charge is -2.20. The van der Waals surface area contributed by atoms with Crippen LogP contribution in [-0.2, 0) is 10.3 Å². The van der Waals surface area contributed by atoms with E-state index in [0.29, 0.717) is 10.7 Å². The van der Waals surface area contributed by atoms with E-state index >= 15 is 0 Å². The van der Waals surface area contributed by atoms with Crippen LogP contribution in [0, 0.1) is 5.82 Å². The molecule has 0 aromatic heterocycles. The molecule has 0 unspecified atom stereocenters. The van der Waals surface area contributed by atoms with Gasteiger partial charge in [0.1, 0.15) is 11.4 Å². The highest BCUT2D eigenvalue weighted by Gasteiger charge is 2.47. The lowest BCUT2D eigenvalue weighted by Crippen LogP contribution is -2.35. The Kier molecular flexibility index (Phi) is 5.41. The zero-order chi connectivity index (χ0) is 17.3. The van der Waals surface area contributed by atoms with Crippen LogP contribution in [0.15, 0.2) is 27.7 Å². The molecule has 1 aliphatic carbocycles. The highest BCUT2D eigenvalue weighted by Crippen LogP contribution is 2.51. The van der Waals surface area contributed by atoms with Gasteiger partial charge in [0, 0.05) is 10.0 Å². The van der Waals surface area contributed by atoms with Crippen molar-refractivity contribution in [3.63, 3.8) is 0 Å². The van der Waals surface area contributed by atoms with Gasteiger partial charge in [0.25, 0.3) is 0 Å². The first-order valence-electron chi connectivity index (χ1n) is 7.25. The maximum Gasteiger partial charge on any atom is 0.413 e. The molecular formula is C16H20BrFN2O2S. The minimum absolute atomic E-state index is 0.285. The molecule has 0 saturated heterocycles. The summed E-state index contributed by atoms with van der Waals surface area (Å²) in [5.41, 5.74) is -0.632. The van der Waals surface area contributed by atoms with Crippen molar-refractivity contribution < 1.29 is 13.9 Å². The Bertz CT molecular complexity index is 639. The van der Waals surface area contributed by atoms with Crippen molar-refractivity contribution in [1.29, 1.82) is 0 Å². The Morgan fingerprint density at radius 2 is 2.09 bits per heavy atom. The second kappa shape index (κ2) is 6.81. The van der Waals surface area contributed by atoms with Gasteiger partial charge in [-0.3, -0.25) is 10.3 Å². The summed E-state index contributed by atoms with van der Waals surface area (Å²) < 4.78 is 20.2. The summed E-state index contributed by atoms with van der Waals surface area (Å²) in [6, 6.07) is 4.83. The van der Waals surface area contributed by atoms with Crippen molar-refractivity contribution in [2.24, 2.45) is 4.99 Å². The molecule has 4 nitrogen and oxygen atoms in total. The van der Waals surface area contributed by atoms with Crippen LogP contribution in [0.2, 0.25) is 0 Å². The number of halogens is 2. The quantitative estimate of drug-likeness (QED) is 0.569. The van der Waals surface area contributed by atoms with Gasteiger partial charge in [0.2, 0.25) is 0 Å². The van der Waals surface area contributed by atoms with Gasteiger partial charge >= 0.3 is 6.09 Å². The molecule has 23 heavy (non-hydrogen) atoms. The number of carbonyl (C=O) groups is 1. The van der Waals surface area contributed by atoms with Gasteiger partial charge in [-0.05, 0) is 58.1 Å². The smallest absolute Gasteiger partial charge is 0.413 e. The van der Waals surface area contributed by atoms with Crippen LogP contribution in [0.3, 0.4) is 0 Å². The summed E-state index contributed by atoms with van der Waals surface area (Å²) in [6.07, 6.45) is 2.75. The number of amides is 1. The standard InChI is InChI=1S/C16H20BrFN2O2S/c1-15(2,3)22-14(21)19-13(23-4)20-16(7-8-16)11-9-10(17)5-6-12(11)18/h5-6,9H,7-8H2,1-4H3,(H,19,20,21). The number of ether oxygens (including phenoxy) is 1. The molecular weight excluding hydrogens is 383 g/mol. The molecule has 1 aromatic rings. The maximum atomic E-state index is 14.1. The Hall–Kier alpha value is -1.08. The molecule has 1 fully saturated rings. The van der Waals surface area contributed by atoms with E-state index in [2.05, 4.69) is 26.2 Å². The molecule has 1 aliphatic rings. The maximum absolute atomic E-state index is 14.1. The Morgan fingerprint density at radius 1 is 1.43 bits per heavy atom. The number of hydrogen-bond donors (Lipinski definition) is 1. The molecule has 1 amide bonds. The fourth-order valence-electron chi connectivity index (χ4n) is 2.12. The van der Waals surface area contributed by atoms with Crippen molar-refractivity contribution >= 4 is 39.0 Å². The number of benzene rings is 1. The summed E-state index contributed by atoms with van der Waals surface area (Å²) in [4.78, 5) is 16.5. The van der Waals surface area contributed by atoms with Gasteiger partial charge in [-0.2, -0.15) is 0 Å². The van der Waals surface area contributed by atoms with Gasteiger partial charge in [0.05, 0.1) is 5.54 Å². The average Bonchev–Trinajstić information content (AvgIpc) is 3.19. The second-order valence-electron chi connectivity index (χ2n) is 6.40. The van der Waals surface area contributed by atoms with Crippen LogP contribution in [0.1, 0.15) is 39.2 Å². The van der Waals surface area contributed by atoms with Crippen LogP contribution in [0.5, 0.6) is 0 Å². The van der Waals surface area contributed by atoms with E-state index in [1.165, 1.54) is 17.8 Å². The van der Waals surface area contributed by atoms with Gasteiger partial charge in [0.15, 0.2) is 5.17 Å². The van der Waals surface area contributed by atoms with Crippen molar-refractivity contribution in [3.8, 4) is 0 Å². The predicted molar refractivity (Wildman–Crippen MR) is 95.3 cm³/mol. The van der Waals surface area contributed by atoms with E-state index in [0.717, 1.165) is 17.3 Å². The Balaban J connectivity index is 2.20.